The Balaban J connectivity index is 2.19. The molecular formula is C26H34BrFN2O3. The summed E-state index contributed by atoms with van der Waals surface area (Å²) >= 11 is 3.51. The number of halogens is 2. The van der Waals surface area contributed by atoms with Crippen molar-refractivity contribution >= 4 is 27.7 Å². The molecule has 0 spiro atoms. The number of rotatable bonds is 12. The van der Waals surface area contributed by atoms with Crippen LogP contribution in [0.2, 0.25) is 0 Å². The van der Waals surface area contributed by atoms with E-state index in [-0.39, 0.29) is 30.8 Å². The van der Waals surface area contributed by atoms with Crippen molar-refractivity contribution < 1.29 is 18.7 Å². The standard InChI is InChI=1S/C26H34BrFN2O3/c1-5-7-14-29-26(32)23(6-2)30(16-19-8-11-21(28)12-9-19)25(31)17-33-24-13-10-20(18(3)4)15-22(24)27/h8-13,15,18,23H,5-7,14,16-17H2,1-4H3,(H,29,32)/t23-/m1/s1. The highest BCUT2D eigenvalue weighted by Crippen LogP contribution is 2.29. The van der Waals surface area contributed by atoms with Crippen molar-refractivity contribution in [1.29, 1.82) is 0 Å². The van der Waals surface area contributed by atoms with E-state index in [9.17, 15) is 14.0 Å². The molecule has 0 bridgehead atoms. The molecule has 0 radical (unpaired) electrons. The molecule has 1 atom stereocenters. The quantitative estimate of drug-likeness (QED) is 0.359. The summed E-state index contributed by atoms with van der Waals surface area (Å²) in [5.41, 5.74) is 1.90. The van der Waals surface area contributed by atoms with E-state index < -0.39 is 6.04 Å². The van der Waals surface area contributed by atoms with Crippen LogP contribution in [0.5, 0.6) is 5.75 Å². The minimum atomic E-state index is -0.644. The van der Waals surface area contributed by atoms with Gasteiger partial charge in [0.15, 0.2) is 6.61 Å². The molecule has 180 valence electrons. The van der Waals surface area contributed by atoms with Crippen molar-refractivity contribution in [3.63, 3.8) is 0 Å². The Labute approximate surface area is 204 Å². The topological polar surface area (TPSA) is 58.6 Å². The lowest BCUT2D eigenvalue weighted by atomic mass is 10.0. The Hall–Kier alpha value is -2.41. The molecule has 33 heavy (non-hydrogen) atoms. The number of carbonyl (C=O) groups is 2. The second-order valence-electron chi connectivity index (χ2n) is 8.35. The number of amides is 2. The third-order valence-electron chi connectivity index (χ3n) is 5.46. The zero-order valence-electron chi connectivity index (χ0n) is 19.9. The van der Waals surface area contributed by atoms with Crippen LogP contribution >= 0.6 is 15.9 Å². The second kappa shape index (κ2) is 13.3. The first-order valence-electron chi connectivity index (χ1n) is 11.5. The molecule has 0 aliphatic carbocycles. The normalized spacial score (nSPS) is 11.8. The lowest BCUT2D eigenvalue weighted by molar-refractivity contribution is -0.143. The van der Waals surface area contributed by atoms with E-state index in [0.717, 1.165) is 28.4 Å². The van der Waals surface area contributed by atoms with Crippen molar-refractivity contribution in [2.45, 2.75) is 65.5 Å². The summed E-state index contributed by atoms with van der Waals surface area (Å²) in [4.78, 5) is 27.6. The van der Waals surface area contributed by atoms with E-state index in [1.807, 2.05) is 25.1 Å². The Morgan fingerprint density at radius 1 is 1.12 bits per heavy atom. The first-order chi connectivity index (χ1) is 15.8. The number of unbranched alkanes of at least 4 members (excludes halogenated alkanes) is 1. The molecule has 7 heteroatoms. The van der Waals surface area contributed by atoms with Gasteiger partial charge in [-0.05, 0) is 70.1 Å². The van der Waals surface area contributed by atoms with Gasteiger partial charge in [-0.3, -0.25) is 9.59 Å². The SMILES string of the molecule is CCCCNC(=O)[C@@H](CC)N(Cc1ccc(F)cc1)C(=O)COc1ccc(C(C)C)cc1Br. The summed E-state index contributed by atoms with van der Waals surface area (Å²) in [6, 6.07) is 11.1. The molecule has 2 aromatic rings. The van der Waals surface area contributed by atoms with Gasteiger partial charge >= 0.3 is 0 Å². The zero-order chi connectivity index (χ0) is 24.4. The maximum Gasteiger partial charge on any atom is 0.261 e. The van der Waals surface area contributed by atoms with Crippen LogP contribution in [-0.4, -0.2) is 35.9 Å². The molecular weight excluding hydrogens is 487 g/mol. The van der Waals surface area contributed by atoms with Crippen LogP contribution in [0, 0.1) is 5.82 Å². The lowest BCUT2D eigenvalue weighted by Crippen LogP contribution is -2.50. The Morgan fingerprint density at radius 2 is 1.82 bits per heavy atom. The molecule has 0 unspecified atom stereocenters. The highest BCUT2D eigenvalue weighted by atomic mass is 79.9. The second-order valence-corrected chi connectivity index (χ2v) is 9.20. The van der Waals surface area contributed by atoms with Crippen LogP contribution in [0.3, 0.4) is 0 Å². The molecule has 2 amide bonds. The average Bonchev–Trinajstić information content (AvgIpc) is 2.79. The van der Waals surface area contributed by atoms with E-state index in [0.29, 0.717) is 24.6 Å². The zero-order valence-corrected chi connectivity index (χ0v) is 21.5. The summed E-state index contributed by atoms with van der Waals surface area (Å²) in [7, 11) is 0. The highest BCUT2D eigenvalue weighted by Gasteiger charge is 2.29. The minimum absolute atomic E-state index is 0.190. The van der Waals surface area contributed by atoms with Gasteiger partial charge in [-0.2, -0.15) is 0 Å². The fourth-order valence-corrected chi connectivity index (χ4v) is 3.94. The molecule has 0 saturated heterocycles. The number of hydrogen-bond donors (Lipinski definition) is 1. The average molecular weight is 521 g/mol. The van der Waals surface area contributed by atoms with Crippen LogP contribution in [0.15, 0.2) is 46.9 Å². The van der Waals surface area contributed by atoms with E-state index in [2.05, 4.69) is 42.0 Å². The van der Waals surface area contributed by atoms with E-state index in [1.165, 1.54) is 17.0 Å². The number of nitrogens with zero attached hydrogens (tertiary/aromatic N) is 1. The van der Waals surface area contributed by atoms with Gasteiger partial charge in [0.25, 0.3) is 5.91 Å². The van der Waals surface area contributed by atoms with E-state index in [1.54, 1.807) is 12.1 Å². The molecule has 2 rings (SSSR count). The number of benzene rings is 2. The van der Waals surface area contributed by atoms with E-state index in [4.69, 9.17) is 4.74 Å². The van der Waals surface area contributed by atoms with Crippen LogP contribution < -0.4 is 10.1 Å². The third kappa shape index (κ3) is 8.14. The van der Waals surface area contributed by atoms with Crippen molar-refractivity contribution in [1.82, 2.24) is 10.2 Å². The maximum absolute atomic E-state index is 13.4. The summed E-state index contributed by atoms with van der Waals surface area (Å²) in [5, 5.41) is 2.92. The Kier molecular flexibility index (Phi) is 10.8. The largest absolute Gasteiger partial charge is 0.483 e. The third-order valence-corrected chi connectivity index (χ3v) is 6.08. The summed E-state index contributed by atoms with van der Waals surface area (Å²) < 4.78 is 20.0. The van der Waals surface area contributed by atoms with Gasteiger partial charge in [-0.15, -0.1) is 0 Å². The predicted octanol–water partition coefficient (Wildman–Crippen LogP) is 5.81. The Morgan fingerprint density at radius 3 is 2.39 bits per heavy atom. The number of hydrogen-bond acceptors (Lipinski definition) is 3. The molecule has 0 heterocycles. The Bertz CT molecular complexity index is 918. The van der Waals surface area contributed by atoms with Crippen LogP contribution in [0.1, 0.15) is 64.0 Å². The van der Waals surface area contributed by atoms with Gasteiger partial charge in [0.2, 0.25) is 5.91 Å². The van der Waals surface area contributed by atoms with Crippen molar-refractivity contribution in [2.75, 3.05) is 13.2 Å². The predicted molar refractivity (Wildman–Crippen MR) is 133 cm³/mol. The van der Waals surface area contributed by atoms with Gasteiger partial charge in [-0.25, -0.2) is 4.39 Å². The van der Waals surface area contributed by atoms with Crippen molar-refractivity contribution in [3.05, 3.63) is 63.9 Å². The van der Waals surface area contributed by atoms with Gasteiger partial charge in [0, 0.05) is 13.1 Å². The number of nitrogens with one attached hydrogen (secondary N) is 1. The molecule has 5 nitrogen and oxygen atoms in total. The van der Waals surface area contributed by atoms with Crippen LogP contribution in [0.4, 0.5) is 4.39 Å². The van der Waals surface area contributed by atoms with Gasteiger partial charge in [0.05, 0.1) is 4.47 Å². The summed E-state index contributed by atoms with van der Waals surface area (Å²) in [6.07, 6.45) is 2.29. The molecule has 1 N–H and O–H groups in total. The first kappa shape index (κ1) is 26.8. The molecule has 0 aromatic heterocycles. The molecule has 0 fully saturated rings. The maximum atomic E-state index is 13.4. The minimum Gasteiger partial charge on any atom is -0.483 e. The fraction of sp³-hybridized carbons (Fsp3) is 0.462. The van der Waals surface area contributed by atoms with E-state index >= 15 is 0 Å². The highest BCUT2D eigenvalue weighted by molar-refractivity contribution is 9.10. The van der Waals surface area contributed by atoms with Crippen LogP contribution in [0.25, 0.3) is 0 Å². The van der Waals surface area contributed by atoms with Crippen LogP contribution in [-0.2, 0) is 16.1 Å². The first-order valence-corrected chi connectivity index (χ1v) is 12.3. The molecule has 0 saturated carbocycles. The smallest absolute Gasteiger partial charge is 0.261 e. The summed E-state index contributed by atoms with van der Waals surface area (Å²) in [5.74, 6) is 0.0918. The van der Waals surface area contributed by atoms with Crippen molar-refractivity contribution in [3.8, 4) is 5.75 Å². The summed E-state index contributed by atoms with van der Waals surface area (Å²) in [6.45, 7) is 8.69. The van der Waals surface area contributed by atoms with Gasteiger partial charge in [-0.1, -0.05) is 52.3 Å². The van der Waals surface area contributed by atoms with Gasteiger partial charge < -0.3 is 15.0 Å². The number of carbonyl (C=O) groups excluding carboxylic acids is 2. The lowest BCUT2D eigenvalue weighted by Gasteiger charge is -2.30. The van der Waals surface area contributed by atoms with Gasteiger partial charge in [0.1, 0.15) is 17.6 Å². The molecule has 0 aliphatic rings. The fourth-order valence-electron chi connectivity index (χ4n) is 3.43. The molecule has 0 aliphatic heterocycles. The molecule has 2 aromatic carbocycles. The monoisotopic (exact) mass is 520 g/mol. The number of ether oxygens (including phenoxy) is 1. The van der Waals surface area contributed by atoms with Crippen molar-refractivity contribution in [2.24, 2.45) is 0 Å².